The number of fused-ring (bicyclic) bond motifs is 1. The van der Waals surface area contributed by atoms with E-state index in [2.05, 4.69) is 0 Å². The van der Waals surface area contributed by atoms with Crippen molar-refractivity contribution in [1.29, 1.82) is 0 Å². The van der Waals surface area contributed by atoms with Gasteiger partial charge in [-0.1, -0.05) is 6.07 Å². The fourth-order valence-electron chi connectivity index (χ4n) is 1.76. The monoisotopic (exact) mass is 245 g/mol. The molecular formula is C11H10F3NO2. The number of benzene rings is 1. The Kier molecular flexibility index (Phi) is 2.73. The van der Waals surface area contributed by atoms with E-state index in [0.29, 0.717) is 24.3 Å². The standard InChI is InChI=1S/C11H10F3NO2/c1-6-2-3-8(7-4-5-17-9(6)7)15-10(16)11(12,13)14/h2-3H,4-5H2,1H3,(H,15,16). The molecule has 0 atom stereocenters. The van der Waals surface area contributed by atoms with Crippen molar-refractivity contribution in [2.75, 3.05) is 11.9 Å². The highest BCUT2D eigenvalue weighted by Gasteiger charge is 2.39. The van der Waals surface area contributed by atoms with Gasteiger partial charge in [0, 0.05) is 17.7 Å². The summed E-state index contributed by atoms with van der Waals surface area (Å²) >= 11 is 0. The highest BCUT2D eigenvalue weighted by molar-refractivity contribution is 5.96. The second kappa shape index (κ2) is 3.94. The van der Waals surface area contributed by atoms with Gasteiger partial charge in [0.2, 0.25) is 0 Å². The zero-order valence-electron chi connectivity index (χ0n) is 9.02. The Bertz CT molecular complexity index is 469. The molecule has 0 bridgehead atoms. The predicted octanol–water partition coefficient (Wildman–Crippen LogP) is 2.43. The topological polar surface area (TPSA) is 38.3 Å². The van der Waals surface area contributed by atoms with Crippen molar-refractivity contribution in [2.24, 2.45) is 0 Å². The van der Waals surface area contributed by atoms with Crippen LogP contribution in [0.25, 0.3) is 0 Å². The van der Waals surface area contributed by atoms with Gasteiger partial charge >= 0.3 is 12.1 Å². The van der Waals surface area contributed by atoms with Gasteiger partial charge in [-0.2, -0.15) is 13.2 Å². The molecule has 0 spiro atoms. The highest BCUT2D eigenvalue weighted by atomic mass is 19.4. The Balaban J connectivity index is 2.30. The Hall–Kier alpha value is -1.72. The molecule has 6 heteroatoms. The summed E-state index contributed by atoms with van der Waals surface area (Å²) in [5, 5.41) is 1.87. The molecule has 0 radical (unpaired) electrons. The molecule has 1 aromatic rings. The first-order valence-electron chi connectivity index (χ1n) is 5.03. The van der Waals surface area contributed by atoms with Crippen molar-refractivity contribution in [1.82, 2.24) is 0 Å². The lowest BCUT2D eigenvalue weighted by molar-refractivity contribution is -0.167. The summed E-state index contributed by atoms with van der Waals surface area (Å²) < 4.78 is 41.7. The first kappa shape index (κ1) is 11.8. The largest absolute Gasteiger partial charge is 0.493 e. The Labute approximate surface area is 95.6 Å². The average Bonchev–Trinajstić information content (AvgIpc) is 2.70. The van der Waals surface area contributed by atoms with Crippen molar-refractivity contribution in [3.8, 4) is 5.75 Å². The van der Waals surface area contributed by atoms with E-state index in [-0.39, 0.29) is 5.69 Å². The molecule has 0 saturated heterocycles. The quantitative estimate of drug-likeness (QED) is 0.825. The molecule has 1 aromatic carbocycles. The van der Waals surface area contributed by atoms with Crippen LogP contribution >= 0.6 is 0 Å². The van der Waals surface area contributed by atoms with E-state index in [1.165, 1.54) is 6.07 Å². The first-order valence-corrected chi connectivity index (χ1v) is 5.03. The second-order valence-corrected chi connectivity index (χ2v) is 3.79. The molecule has 1 aliphatic heterocycles. The van der Waals surface area contributed by atoms with Crippen molar-refractivity contribution in [3.63, 3.8) is 0 Å². The number of nitrogens with one attached hydrogen (secondary N) is 1. The number of amides is 1. The van der Waals surface area contributed by atoms with Gasteiger partial charge in [-0.3, -0.25) is 4.79 Å². The first-order chi connectivity index (χ1) is 7.89. The summed E-state index contributed by atoms with van der Waals surface area (Å²) in [6.07, 6.45) is -4.37. The van der Waals surface area contributed by atoms with E-state index < -0.39 is 12.1 Å². The van der Waals surface area contributed by atoms with Crippen molar-refractivity contribution in [3.05, 3.63) is 23.3 Å². The number of aryl methyl sites for hydroxylation is 1. The van der Waals surface area contributed by atoms with Gasteiger partial charge in [-0.25, -0.2) is 0 Å². The minimum atomic E-state index is -4.88. The maximum atomic E-state index is 12.1. The molecule has 1 heterocycles. The number of carbonyl (C=O) groups is 1. The SMILES string of the molecule is Cc1ccc(NC(=O)C(F)(F)F)c2c1OCC2. The molecule has 1 amide bonds. The van der Waals surface area contributed by atoms with Gasteiger partial charge in [0.05, 0.1) is 6.61 Å². The number of ether oxygens (including phenoxy) is 1. The van der Waals surface area contributed by atoms with Gasteiger partial charge in [-0.05, 0) is 18.6 Å². The molecular weight excluding hydrogens is 235 g/mol. The molecule has 0 saturated carbocycles. The minimum absolute atomic E-state index is 0.172. The molecule has 0 fully saturated rings. The van der Waals surface area contributed by atoms with Crippen LogP contribution in [-0.2, 0) is 11.2 Å². The molecule has 17 heavy (non-hydrogen) atoms. The van der Waals surface area contributed by atoms with Crippen LogP contribution in [0.3, 0.4) is 0 Å². The number of carbonyl (C=O) groups excluding carboxylic acids is 1. The lowest BCUT2D eigenvalue weighted by atomic mass is 10.1. The van der Waals surface area contributed by atoms with Gasteiger partial charge in [0.1, 0.15) is 5.75 Å². The molecule has 92 valence electrons. The zero-order valence-corrected chi connectivity index (χ0v) is 9.02. The molecule has 2 rings (SSSR count). The van der Waals surface area contributed by atoms with E-state index in [1.807, 2.05) is 5.32 Å². The number of rotatable bonds is 1. The van der Waals surface area contributed by atoms with Crippen LogP contribution in [0.4, 0.5) is 18.9 Å². The summed E-state index contributed by atoms with van der Waals surface area (Å²) in [6, 6.07) is 3.09. The summed E-state index contributed by atoms with van der Waals surface area (Å²) in [4.78, 5) is 10.8. The molecule has 3 nitrogen and oxygen atoms in total. The van der Waals surface area contributed by atoms with E-state index in [1.54, 1.807) is 13.0 Å². The van der Waals surface area contributed by atoms with E-state index >= 15 is 0 Å². The van der Waals surface area contributed by atoms with E-state index in [9.17, 15) is 18.0 Å². The number of anilines is 1. The maximum absolute atomic E-state index is 12.1. The second-order valence-electron chi connectivity index (χ2n) is 3.79. The maximum Gasteiger partial charge on any atom is 0.471 e. The van der Waals surface area contributed by atoms with Crippen LogP contribution in [-0.4, -0.2) is 18.7 Å². The van der Waals surface area contributed by atoms with Gasteiger partial charge in [-0.15, -0.1) is 0 Å². The normalized spacial score (nSPS) is 14.1. The minimum Gasteiger partial charge on any atom is -0.493 e. The van der Waals surface area contributed by atoms with Crippen molar-refractivity contribution >= 4 is 11.6 Å². The number of hydrogen-bond donors (Lipinski definition) is 1. The van der Waals surface area contributed by atoms with Crippen molar-refractivity contribution < 1.29 is 22.7 Å². The average molecular weight is 245 g/mol. The third kappa shape index (κ3) is 2.20. The van der Waals surface area contributed by atoms with Crippen LogP contribution in [0.15, 0.2) is 12.1 Å². The Morgan fingerprint density at radius 1 is 1.41 bits per heavy atom. The molecule has 0 aromatic heterocycles. The number of halogens is 3. The molecule has 0 aliphatic carbocycles. The van der Waals surface area contributed by atoms with Crippen molar-refractivity contribution in [2.45, 2.75) is 19.5 Å². The third-order valence-corrected chi connectivity index (χ3v) is 2.56. The van der Waals surface area contributed by atoms with Crippen LogP contribution in [0.1, 0.15) is 11.1 Å². The van der Waals surface area contributed by atoms with E-state index in [0.717, 1.165) is 5.56 Å². The number of hydrogen-bond acceptors (Lipinski definition) is 2. The Morgan fingerprint density at radius 2 is 2.12 bits per heavy atom. The van der Waals surface area contributed by atoms with Crippen LogP contribution in [0.5, 0.6) is 5.75 Å². The number of alkyl halides is 3. The van der Waals surface area contributed by atoms with Crippen LogP contribution < -0.4 is 10.1 Å². The van der Waals surface area contributed by atoms with Crippen LogP contribution in [0, 0.1) is 6.92 Å². The third-order valence-electron chi connectivity index (χ3n) is 2.56. The Morgan fingerprint density at radius 3 is 2.76 bits per heavy atom. The fourth-order valence-corrected chi connectivity index (χ4v) is 1.76. The van der Waals surface area contributed by atoms with E-state index in [4.69, 9.17) is 4.74 Å². The predicted molar refractivity (Wildman–Crippen MR) is 55.1 cm³/mol. The summed E-state index contributed by atoms with van der Waals surface area (Å²) in [7, 11) is 0. The zero-order chi connectivity index (χ0) is 12.6. The molecule has 1 aliphatic rings. The molecule has 1 N–H and O–H groups in total. The van der Waals surface area contributed by atoms with Gasteiger partial charge in [0.15, 0.2) is 0 Å². The highest BCUT2D eigenvalue weighted by Crippen LogP contribution is 2.35. The summed E-state index contributed by atoms with van der Waals surface area (Å²) in [5.74, 6) is -1.39. The molecule has 0 unspecified atom stereocenters. The lowest BCUT2D eigenvalue weighted by Gasteiger charge is -2.12. The smallest absolute Gasteiger partial charge is 0.471 e. The summed E-state index contributed by atoms with van der Waals surface area (Å²) in [6.45, 7) is 2.23. The van der Waals surface area contributed by atoms with Gasteiger partial charge < -0.3 is 10.1 Å². The fraction of sp³-hybridized carbons (Fsp3) is 0.364. The summed E-state index contributed by atoms with van der Waals surface area (Å²) in [5.41, 5.74) is 1.65. The lowest BCUT2D eigenvalue weighted by Crippen LogP contribution is -2.30. The van der Waals surface area contributed by atoms with Crippen LogP contribution in [0.2, 0.25) is 0 Å². The van der Waals surface area contributed by atoms with Gasteiger partial charge in [0.25, 0.3) is 0 Å².